The highest BCUT2D eigenvalue weighted by Crippen LogP contribution is 2.18. The third-order valence-corrected chi connectivity index (χ3v) is 4.83. The van der Waals surface area contributed by atoms with Crippen molar-refractivity contribution in [2.24, 2.45) is 0 Å². The lowest BCUT2D eigenvalue weighted by Crippen LogP contribution is -2.21. The van der Waals surface area contributed by atoms with E-state index in [2.05, 4.69) is 10.3 Å². The Morgan fingerprint density at radius 2 is 2.10 bits per heavy atom. The summed E-state index contributed by atoms with van der Waals surface area (Å²) in [5, 5.41) is 3.22. The normalized spacial score (nSPS) is 13.5. The van der Waals surface area contributed by atoms with Crippen LogP contribution in [0.4, 0.5) is 0 Å². The second-order valence-electron chi connectivity index (χ2n) is 4.90. The van der Waals surface area contributed by atoms with Crippen LogP contribution in [0.2, 0.25) is 0 Å². The number of nitrogens with zero attached hydrogens (tertiary/aromatic N) is 2. The van der Waals surface area contributed by atoms with E-state index in [9.17, 15) is 8.42 Å². The van der Waals surface area contributed by atoms with Crippen molar-refractivity contribution in [3.63, 3.8) is 0 Å². The topological polar surface area (TPSA) is 75.4 Å². The maximum atomic E-state index is 11.9. The Labute approximate surface area is 124 Å². The van der Waals surface area contributed by atoms with Crippen LogP contribution in [0.25, 0.3) is 0 Å². The maximum absolute atomic E-state index is 11.9. The van der Waals surface area contributed by atoms with Gasteiger partial charge in [0.15, 0.2) is 0 Å². The Hall–Kier alpha value is -1.70. The fourth-order valence-electron chi connectivity index (χ4n) is 1.78. The van der Waals surface area contributed by atoms with E-state index >= 15 is 0 Å². The molecule has 0 aliphatic heterocycles. The minimum Gasteiger partial charge on any atom is -0.447 e. The molecule has 2 aromatic rings. The molecule has 0 saturated carbocycles. The highest BCUT2D eigenvalue weighted by Gasteiger charge is 2.21. The molecule has 0 amide bonds. The minimum absolute atomic E-state index is 0.0432. The van der Waals surface area contributed by atoms with Gasteiger partial charge >= 0.3 is 0 Å². The van der Waals surface area contributed by atoms with Crippen LogP contribution in [0.3, 0.4) is 0 Å². The number of hydrogen-bond donors (Lipinski definition) is 1. The van der Waals surface area contributed by atoms with E-state index in [-0.39, 0.29) is 11.1 Å². The van der Waals surface area contributed by atoms with E-state index in [1.807, 2.05) is 19.1 Å². The van der Waals surface area contributed by atoms with Gasteiger partial charge in [-0.25, -0.2) is 12.7 Å². The highest BCUT2D eigenvalue weighted by atomic mass is 32.2. The van der Waals surface area contributed by atoms with E-state index in [1.54, 1.807) is 18.5 Å². The molecule has 2 aromatic heterocycles. The smallest absolute Gasteiger partial charge is 0.275 e. The lowest BCUT2D eigenvalue weighted by Gasteiger charge is -2.12. The number of aromatic nitrogens is 1. The SMILES string of the molecule is C[C@H](NCc1ccc(S(=O)(=O)N(C)C)o1)c1cccnc1. The van der Waals surface area contributed by atoms with Crippen LogP contribution in [0, 0.1) is 0 Å². The Kier molecular flexibility index (Phi) is 4.76. The van der Waals surface area contributed by atoms with Crippen molar-refractivity contribution in [2.45, 2.75) is 24.6 Å². The van der Waals surface area contributed by atoms with E-state index in [0.29, 0.717) is 12.3 Å². The molecule has 1 N–H and O–H groups in total. The van der Waals surface area contributed by atoms with Crippen molar-refractivity contribution >= 4 is 10.0 Å². The van der Waals surface area contributed by atoms with Gasteiger partial charge < -0.3 is 9.73 Å². The molecular weight excluding hydrogens is 290 g/mol. The molecule has 0 radical (unpaired) electrons. The van der Waals surface area contributed by atoms with E-state index in [4.69, 9.17) is 4.42 Å². The number of furan rings is 1. The first-order valence-electron chi connectivity index (χ1n) is 6.56. The fourth-order valence-corrected chi connectivity index (χ4v) is 2.59. The lowest BCUT2D eigenvalue weighted by atomic mass is 10.1. The quantitative estimate of drug-likeness (QED) is 0.880. The lowest BCUT2D eigenvalue weighted by molar-refractivity contribution is 0.382. The number of hydrogen-bond acceptors (Lipinski definition) is 5. The maximum Gasteiger partial charge on any atom is 0.275 e. The van der Waals surface area contributed by atoms with Gasteiger partial charge in [0.1, 0.15) is 5.76 Å². The van der Waals surface area contributed by atoms with Gasteiger partial charge in [-0.2, -0.15) is 0 Å². The van der Waals surface area contributed by atoms with Crippen molar-refractivity contribution in [1.82, 2.24) is 14.6 Å². The molecular formula is C14H19N3O3S. The van der Waals surface area contributed by atoms with Gasteiger partial charge in [-0.05, 0) is 30.7 Å². The molecule has 0 unspecified atom stereocenters. The fraction of sp³-hybridized carbons (Fsp3) is 0.357. The molecule has 0 aromatic carbocycles. The summed E-state index contributed by atoms with van der Waals surface area (Å²) in [5.74, 6) is 0.575. The predicted octanol–water partition coefficient (Wildman–Crippen LogP) is 1.78. The van der Waals surface area contributed by atoms with Crippen LogP contribution >= 0.6 is 0 Å². The Morgan fingerprint density at radius 1 is 1.33 bits per heavy atom. The summed E-state index contributed by atoms with van der Waals surface area (Å²) >= 11 is 0. The van der Waals surface area contributed by atoms with Gasteiger partial charge in [0.2, 0.25) is 5.09 Å². The van der Waals surface area contributed by atoms with E-state index < -0.39 is 10.0 Å². The molecule has 1 atom stereocenters. The molecule has 0 aliphatic rings. The van der Waals surface area contributed by atoms with Crippen LogP contribution < -0.4 is 5.32 Å². The first-order valence-corrected chi connectivity index (χ1v) is 8.00. The van der Waals surface area contributed by atoms with Gasteiger partial charge in [-0.1, -0.05) is 6.07 Å². The summed E-state index contributed by atoms with van der Waals surface area (Å²) in [6.07, 6.45) is 3.52. The average Bonchev–Trinajstić information content (AvgIpc) is 2.95. The zero-order valence-corrected chi connectivity index (χ0v) is 13.1. The Balaban J connectivity index is 2.01. The molecule has 114 valence electrons. The summed E-state index contributed by atoms with van der Waals surface area (Å²) in [6.45, 7) is 2.45. The van der Waals surface area contributed by atoms with Crippen molar-refractivity contribution in [1.29, 1.82) is 0 Å². The van der Waals surface area contributed by atoms with Crippen molar-refractivity contribution in [3.05, 3.63) is 48.0 Å². The molecule has 0 saturated heterocycles. The molecule has 0 fully saturated rings. The highest BCUT2D eigenvalue weighted by molar-refractivity contribution is 7.88. The van der Waals surface area contributed by atoms with Crippen LogP contribution in [0.5, 0.6) is 0 Å². The molecule has 2 heterocycles. The molecule has 2 rings (SSSR count). The number of pyridine rings is 1. The predicted molar refractivity (Wildman–Crippen MR) is 79.1 cm³/mol. The second-order valence-corrected chi connectivity index (χ2v) is 6.98. The standard InChI is InChI=1S/C14H19N3O3S/c1-11(12-5-4-8-15-9-12)16-10-13-6-7-14(20-13)21(18,19)17(2)3/h4-9,11,16H,10H2,1-3H3/t11-/m0/s1. The largest absolute Gasteiger partial charge is 0.447 e. The van der Waals surface area contributed by atoms with E-state index in [1.165, 1.54) is 20.2 Å². The molecule has 0 spiro atoms. The molecule has 0 aliphatic carbocycles. The zero-order chi connectivity index (χ0) is 15.5. The Bertz CT molecular complexity index is 680. The van der Waals surface area contributed by atoms with Gasteiger partial charge in [-0.15, -0.1) is 0 Å². The summed E-state index contributed by atoms with van der Waals surface area (Å²) in [4.78, 5) is 4.07. The van der Waals surface area contributed by atoms with Crippen molar-refractivity contribution < 1.29 is 12.8 Å². The van der Waals surface area contributed by atoms with Gasteiger partial charge in [0.25, 0.3) is 10.0 Å². The minimum atomic E-state index is -3.52. The third kappa shape index (κ3) is 3.69. The number of nitrogens with one attached hydrogen (secondary N) is 1. The van der Waals surface area contributed by atoms with Crippen LogP contribution in [0.1, 0.15) is 24.3 Å². The first-order chi connectivity index (χ1) is 9.91. The molecule has 6 nitrogen and oxygen atoms in total. The number of rotatable bonds is 6. The molecule has 21 heavy (non-hydrogen) atoms. The second kappa shape index (κ2) is 6.38. The van der Waals surface area contributed by atoms with Crippen molar-refractivity contribution in [3.8, 4) is 0 Å². The van der Waals surface area contributed by atoms with Crippen LogP contribution in [-0.4, -0.2) is 31.8 Å². The van der Waals surface area contributed by atoms with Gasteiger partial charge in [-0.3, -0.25) is 4.98 Å². The molecule has 0 bridgehead atoms. The van der Waals surface area contributed by atoms with Gasteiger partial charge in [0, 0.05) is 32.5 Å². The summed E-state index contributed by atoms with van der Waals surface area (Å²) in [7, 11) is -0.573. The number of sulfonamides is 1. The van der Waals surface area contributed by atoms with Gasteiger partial charge in [0.05, 0.1) is 6.54 Å². The van der Waals surface area contributed by atoms with Crippen LogP contribution in [-0.2, 0) is 16.6 Å². The Morgan fingerprint density at radius 3 is 2.71 bits per heavy atom. The molecule has 7 heteroatoms. The average molecular weight is 309 g/mol. The first kappa shape index (κ1) is 15.7. The zero-order valence-electron chi connectivity index (χ0n) is 12.3. The van der Waals surface area contributed by atoms with E-state index in [0.717, 1.165) is 9.87 Å². The van der Waals surface area contributed by atoms with Crippen molar-refractivity contribution in [2.75, 3.05) is 14.1 Å². The third-order valence-electron chi connectivity index (χ3n) is 3.14. The summed E-state index contributed by atoms with van der Waals surface area (Å²) in [6, 6.07) is 7.09. The monoisotopic (exact) mass is 309 g/mol. The summed E-state index contributed by atoms with van der Waals surface area (Å²) in [5.41, 5.74) is 1.06. The van der Waals surface area contributed by atoms with Crippen LogP contribution in [0.15, 0.2) is 46.2 Å². The summed E-state index contributed by atoms with van der Waals surface area (Å²) < 4.78 is 30.3.